The molecule has 1 heterocycles. The summed E-state index contributed by atoms with van der Waals surface area (Å²) in [5.74, 6) is 0. The molecule has 1 aromatic heterocycles. The van der Waals surface area contributed by atoms with Crippen molar-refractivity contribution in [3.05, 3.63) is 53.3 Å². The maximum Gasteiger partial charge on any atom is 0.0638 e. The van der Waals surface area contributed by atoms with Crippen molar-refractivity contribution >= 4 is 0 Å². The van der Waals surface area contributed by atoms with Gasteiger partial charge >= 0.3 is 0 Å². The van der Waals surface area contributed by atoms with Gasteiger partial charge in [-0.3, -0.25) is 4.68 Å². The molecule has 1 N–H and O–H groups in total. The monoisotopic (exact) mass is 286 g/mol. The first-order chi connectivity index (χ1) is 10.2. The molecule has 0 bridgehead atoms. The molecule has 0 fully saturated rings. The normalized spacial score (nSPS) is 11.2. The maximum absolute atomic E-state index is 4.47. The molecule has 0 saturated heterocycles. The number of aryl methyl sites for hydroxylation is 2. The molecule has 21 heavy (non-hydrogen) atoms. The molecule has 1 aromatic carbocycles. The first-order valence-corrected chi connectivity index (χ1v) is 7.65. The number of aromatic nitrogens is 2. The molecule has 4 nitrogen and oxygen atoms in total. The topological polar surface area (TPSA) is 33.1 Å². The largest absolute Gasteiger partial charge is 0.311 e. The lowest BCUT2D eigenvalue weighted by Crippen LogP contribution is -2.28. The van der Waals surface area contributed by atoms with E-state index in [1.165, 1.54) is 11.1 Å². The number of nitrogens with zero attached hydrogens (tertiary/aromatic N) is 3. The fourth-order valence-corrected chi connectivity index (χ4v) is 2.36. The summed E-state index contributed by atoms with van der Waals surface area (Å²) in [5.41, 5.74) is 3.78. The smallest absolute Gasteiger partial charge is 0.0638 e. The molecule has 0 aliphatic heterocycles. The highest BCUT2D eigenvalue weighted by Crippen LogP contribution is 2.05. The van der Waals surface area contributed by atoms with E-state index in [0.29, 0.717) is 0 Å². The third kappa shape index (κ3) is 4.99. The Labute approximate surface area is 127 Å². The Bertz CT molecular complexity index is 533. The van der Waals surface area contributed by atoms with Crippen molar-refractivity contribution in [2.45, 2.75) is 33.5 Å². The number of rotatable bonds is 8. The lowest BCUT2D eigenvalue weighted by atomic mass is 10.2. The van der Waals surface area contributed by atoms with Crippen LogP contribution in [-0.2, 0) is 19.6 Å². The van der Waals surface area contributed by atoms with Gasteiger partial charge in [-0.05, 0) is 26.5 Å². The Morgan fingerprint density at radius 3 is 2.67 bits per heavy atom. The molecule has 0 atom stereocenters. The van der Waals surface area contributed by atoms with E-state index >= 15 is 0 Å². The van der Waals surface area contributed by atoms with Crippen LogP contribution in [0.3, 0.4) is 0 Å². The van der Waals surface area contributed by atoms with Gasteiger partial charge in [0.2, 0.25) is 0 Å². The minimum atomic E-state index is 0.894. The lowest BCUT2D eigenvalue weighted by Gasteiger charge is -2.16. The van der Waals surface area contributed by atoms with E-state index in [-0.39, 0.29) is 0 Å². The van der Waals surface area contributed by atoms with E-state index < -0.39 is 0 Å². The Balaban J connectivity index is 1.68. The van der Waals surface area contributed by atoms with Crippen LogP contribution in [0.4, 0.5) is 0 Å². The summed E-state index contributed by atoms with van der Waals surface area (Å²) in [7, 11) is 2.16. The van der Waals surface area contributed by atoms with Gasteiger partial charge in [-0.25, -0.2) is 0 Å². The van der Waals surface area contributed by atoms with Crippen molar-refractivity contribution in [1.82, 2.24) is 20.0 Å². The quantitative estimate of drug-likeness (QED) is 0.757. The Hall–Kier alpha value is -1.65. The van der Waals surface area contributed by atoms with Gasteiger partial charge in [0.05, 0.1) is 5.69 Å². The molecule has 4 heteroatoms. The van der Waals surface area contributed by atoms with E-state index in [2.05, 4.69) is 72.7 Å². The van der Waals surface area contributed by atoms with Gasteiger partial charge in [0.25, 0.3) is 0 Å². The van der Waals surface area contributed by atoms with Gasteiger partial charge in [-0.15, -0.1) is 0 Å². The molecular weight excluding hydrogens is 260 g/mol. The van der Waals surface area contributed by atoms with Crippen LogP contribution in [-0.4, -0.2) is 34.8 Å². The maximum atomic E-state index is 4.47. The SMILES string of the molecule is CCn1cc(CNCCN(C)Cc2ccccc2)c(C)n1. The summed E-state index contributed by atoms with van der Waals surface area (Å²) in [6.45, 7) is 9.03. The molecule has 0 saturated carbocycles. The highest BCUT2D eigenvalue weighted by Gasteiger charge is 2.04. The van der Waals surface area contributed by atoms with E-state index in [0.717, 1.165) is 38.4 Å². The van der Waals surface area contributed by atoms with Crippen LogP contribution in [0.1, 0.15) is 23.7 Å². The summed E-state index contributed by atoms with van der Waals surface area (Å²) >= 11 is 0. The van der Waals surface area contributed by atoms with Crippen LogP contribution < -0.4 is 5.32 Å². The number of hydrogen-bond donors (Lipinski definition) is 1. The van der Waals surface area contributed by atoms with Crippen LogP contribution in [0.25, 0.3) is 0 Å². The van der Waals surface area contributed by atoms with Crippen LogP contribution in [0.5, 0.6) is 0 Å². The predicted molar refractivity (Wildman–Crippen MR) is 87.1 cm³/mol. The predicted octanol–water partition coefficient (Wildman–Crippen LogP) is 2.43. The molecule has 0 spiro atoms. The van der Waals surface area contributed by atoms with Crippen molar-refractivity contribution < 1.29 is 0 Å². The minimum Gasteiger partial charge on any atom is -0.311 e. The van der Waals surface area contributed by atoms with Gasteiger partial charge in [0.15, 0.2) is 0 Å². The van der Waals surface area contributed by atoms with E-state index in [1.54, 1.807) is 0 Å². The van der Waals surface area contributed by atoms with Gasteiger partial charge in [-0.2, -0.15) is 5.10 Å². The molecule has 114 valence electrons. The number of nitrogens with one attached hydrogen (secondary N) is 1. The van der Waals surface area contributed by atoms with Crippen LogP contribution in [0.15, 0.2) is 36.5 Å². The zero-order valence-corrected chi connectivity index (χ0v) is 13.3. The second kappa shape index (κ2) is 7.96. The molecule has 0 aliphatic carbocycles. The second-order valence-corrected chi connectivity index (χ2v) is 5.50. The number of likely N-dealkylation sites (N-methyl/N-ethyl adjacent to an activating group) is 1. The Morgan fingerprint density at radius 2 is 2.00 bits per heavy atom. The summed E-state index contributed by atoms with van der Waals surface area (Å²) < 4.78 is 1.99. The molecule has 2 aromatic rings. The van der Waals surface area contributed by atoms with Crippen molar-refractivity contribution in [2.75, 3.05) is 20.1 Å². The highest BCUT2D eigenvalue weighted by molar-refractivity contribution is 5.15. The fourth-order valence-electron chi connectivity index (χ4n) is 2.36. The molecule has 0 aliphatic rings. The summed E-state index contributed by atoms with van der Waals surface area (Å²) in [6, 6.07) is 10.6. The van der Waals surface area contributed by atoms with Gasteiger partial charge in [0, 0.05) is 44.5 Å². The summed E-state index contributed by atoms with van der Waals surface area (Å²) in [6.07, 6.45) is 2.13. The zero-order valence-electron chi connectivity index (χ0n) is 13.3. The van der Waals surface area contributed by atoms with Crippen molar-refractivity contribution in [3.8, 4) is 0 Å². The lowest BCUT2D eigenvalue weighted by molar-refractivity contribution is 0.324. The summed E-state index contributed by atoms with van der Waals surface area (Å²) in [5, 5.41) is 7.97. The molecule has 0 unspecified atom stereocenters. The molecule has 0 amide bonds. The van der Waals surface area contributed by atoms with Crippen LogP contribution in [0, 0.1) is 6.92 Å². The molecular formula is C17H26N4. The van der Waals surface area contributed by atoms with Gasteiger partial charge in [0.1, 0.15) is 0 Å². The number of benzene rings is 1. The van der Waals surface area contributed by atoms with E-state index in [9.17, 15) is 0 Å². The zero-order chi connectivity index (χ0) is 15.1. The average Bonchev–Trinajstić information content (AvgIpc) is 2.85. The first-order valence-electron chi connectivity index (χ1n) is 7.65. The second-order valence-electron chi connectivity index (χ2n) is 5.50. The fraction of sp³-hybridized carbons (Fsp3) is 0.471. The van der Waals surface area contributed by atoms with Crippen LogP contribution in [0.2, 0.25) is 0 Å². The van der Waals surface area contributed by atoms with Crippen LogP contribution >= 0.6 is 0 Å². The third-order valence-corrected chi connectivity index (χ3v) is 3.65. The Kier molecular flexibility index (Phi) is 5.96. The van der Waals surface area contributed by atoms with Crippen molar-refractivity contribution in [1.29, 1.82) is 0 Å². The summed E-state index contributed by atoms with van der Waals surface area (Å²) in [4.78, 5) is 2.34. The average molecular weight is 286 g/mol. The van der Waals surface area contributed by atoms with Gasteiger partial charge in [-0.1, -0.05) is 30.3 Å². The number of hydrogen-bond acceptors (Lipinski definition) is 3. The molecule has 0 radical (unpaired) electrons. The highest BCUT2D eigenvalue weighted by atomic mass is 15.3. The van der Waals surface area contributed by atoms with E-state index in [1.807, 2.05) is 4.68 Å². The van der Waals surface area contributed by atoms with Gasteiger partial charge < -0.3 is 10.2 Å². The standard InChI is InChI=1S/C17H26N4/c1-4-21-14-17(15(2)19-21)12-18-10-11-20(3)13-16-8-6-5-7-9-16/h5-9,14,18H,4,10-13H2,1-3H3. The molecule has 2 rings (SSSR count). The van der Waals surface area contributed by atoms with E-state index in [4.69, 9.17) is 0 Å². The minimum absolute atomic E-state index is 0.894. The van der Waals surface area contributed by atoms with Crippen molar-refractivity contribution in [3.63, 3.8) is 0 Å². The Morgan fingerprint density at radius 1 is 1.24 bits per heavy atom. The van der Waals surface area contributed by atoms with Crippen molar-refractivity contribution in [2.24, 2.45) is 0 Å². The first kappa shape index (κ1) is 15.7. The third-order valence-electron chi connectivity index (χ3n) is 3.65.